The lowest BCUT2D eigenvalue weighted by Crippen LogP contribution is -2.07. The first kappa shape index (κ1) is 14.4. The standard InChI is InChI=1S/C14H22BrNO/c1-5-10(4)11-6-12(15)14(13(16)7-11)17-8-9(2)3/h6-7,9-10H,5,8,16H2,1-4H3. The van der Waals surface area contributed by atoms with E-state index in [1.165, 1.54) is 5.56 Å². The van der Waals surface area contributed by atoms with Crippen molar-refractivity contribution >= 4 is 21.6 Å². The first-order chi connectivity index (χ1) is 7.95. The van der Waals surface area contributed by atoms with Gasteiger partial charge in [0.1, 0.15) is 0 Å². The Labute approximate surface area is 113 Å². The summed E-state index contributed by atoms with van der Waals surface area (Å²) in [6.45, 7) is 9.31. The molecule has 0 aliphatic heterocycles. The molecule has 0 spiro atoms. The minimum atomic E-state index is 0.496. The van der Waals surface area contributed by atoms with Crippen LogP contribution in [0, 0.1) is 5.92 Å². The van der Waals surface area contributed by atoms with Gasteiger partial charge in [-0.3, -0.25) is 0 Å². The zero-order valence-electron chi connectivity index (χ0n) is 11.1. The molecule has 0 saturated carbocycles. The van der Waals surface area contributed by atoms with Crippen LogP contribution in [0.25, 0.3) is 0 Å². The molecule has 0 aliphatic carbocycles. The lowest BCUT2D eigenvalue weighted by atomic mass is 9.98. The van der Waals surface area contributed by atoms with Crippen LogP contribution < -0.4 is 10.5 Å². The number of rotatable bonds is 5. The number of ether oxygens (including phenoxy) is 1. The smallest absolute Gasteiger partial charge is 0.156 e. The van der Waals surface area contributed by atoms with Crippen LogP contribution in [-0.4, -0.2) is 6.61 Å². The van der Waals surface area contributed by atoms with Crippen molar-refractivity contribution in [3.05, 3.63) is 22.2 Å². The van der Waals surface area contributed by atoms with Crippen LogP contribution in [0.5, 0.6) is 5.75 Å². The summed E-state index contributed by atoms with van der Waals surface area (Å²) in [5.74, 6) is 1.79. The fourth-order valence-electron chi connectivity index (χ4n) is 1.56. The quantitative estimate of drug-likeness (QED) is 0.808. The van der Waals surface area contributed by atoms with Gasteiger partial charge in [-0.05, 0) is 51.9 Å². The van der Waals surface area contributed by atoms with E-state index in [1.54, 1.807) is 0 Å². The molecule has 1 atom stereocenters. The molecule has 0 fully saturated rings. The Morgan fingerprint density at radius 2 is 1.94 bits per heavy atom. The highest BCUT2D eigenvalue weighted by Crippen LogP contribution is 2.35. The summed E-state index contributed by atoms with van der Waals surface area (Å²) in [4.78, 5) is 0. The van der Waals surface area contributed by atoms with E-state index in [9.17, 15) is 0 Å². The van der Waals surface area contributed by atoms with E-state index in [-0.39, 0.29) is 0 Å². The molecule has 1 rings (SSSR count). The number of nitrogens with two attached hydrogens (primary N) is 1. The molecular weight excluding hydrogens is 278 g/mol. The third-order valence-electron chi connectivity index (χ3n) is 2.84. The van der Waals surface area contributed by atoms with Gasteiger partial charge in [0.15, 0.2) is 5.75 Å². The van der Waals surface area contributed by atoms with E-state index < -0.39 is 0 Å². The summed E-state index contributed by atoms with van der Waals surface area (Å²) in [7, 11) is 0. The van der Waals surface area contributed by atoms with E-state index in [4.69, 9.17) is 10.5 Å². The summed E-state index contributed by atoms with van der Waals surface area (Å²) in [5, 5.41) is 0. The molecule has 3 heteroatoms. The Bertz CT molecular complexity index is 353. The van der Waals surface area contributed by atoms with Crippen molar-refractivity contribution in [2.24, 2.45) is 5.92 Å². The normalized spacial score (nSPS) is 12.8. The van der Waals surface area contributed by atoms with Gasteiger partial charge in [-0.2, -0.15) is 0 Å². The predicted molar refractivity (Wildman–Crippen MR) is 77.6 cm³/mol. The van der Waals surface area contributed by atoms with Gasteiger partial charge >= 0.3 is 0 Å². The maximum absolute atomic E-state index is 6.05. The minimum absolute atomic E-state index is 0.496. The number of benzene rings is 1. The highest BCUT2D eigenvalue weighted by atomic mass is 79.9. The lowest BCUT2D eigenvalue weighted by molar-refractivity contribution is 0.271. The van der Waals surface area contributed by atoms with Crippen molar-refractivity contribution in [3.8, 4) is 5.75 Å². The minimum Gasteiger partial charge on any atom is -0.490 e. The Hall–Kier alpha value is -0.700. The number of halogens is 1. The van der Waals surface area contributed by atoms with E-state index in [2.05, 4.69) is 49.7 Å². The highest BCUT2D eigenvalue weighted by molar-refractivity contribution is 9.10. The molecule has 1 unspecified atom stereocenters. The summed E-state index contributed by atoms with van der Waals surface area (Å²) in [5.41, 5.74) is 8.02. The monoisotopic (exact) mass is 299 g/mol. The molecule has 0 radical (unpaired) electrons. The van der Waals surface area contributed by atoms with Crippen molar-refractivity contribution in [1.29, 1.82) is 0 Å². The molecule has 17 heavy (non-hydrogen) atoms. The first-order valence-electron chi connectivity index (χ1n) is 6.17. The van der Waals surface area contributed by atoms with Crippen LogP contribution in [0.2, 0.25) is 0 Å². The zero-order valence-corrected chi connectivity index (χ0v) is 12.7. The fraction of sp³-hybridized carbons (Fsp3) is 0.571. The molecule has 0 aromatic heterocycles. The Morgan fingerprint density at radius 3 is 2.41 bits per heavy atom. The van der Waals surface area contributed by atoms with E-state index in [0.717, 1.165) is 22.3 Å². The zero-order chi connectivity index (χ0) is 13.0. The van der Waals surface area contributed by atoms with Crippen LogP contribution >= 0.6 is 15.9 Å². The van der Waals surface area contributed by atoms with E-state index >= 15 is 0 Å². The van der Waals surface area contributed by atoms with Gasteiger partial charge in [0.05, 0.1) is 16.8 Å². The maximum atomic E-state index is 6.05. The van der Waals surface area contributed by atoms with Crippen LogP contribution in [0.3, 0.4) is 0 Å². The summed E-state index contributed by atoms with van der Waals surface area (Å²) in [6, 6.07) is 4.13. The molecular formula is C14H22BrNO. The third kappa shape index (κ3) is 3.91. The Balaban J connectivity index is 2.94. The average molecular weight is 300 g/mol. The molecule has 2 N–H and O–H groups in total. The molecule has 1 aromatic rings. The van der Waals surface area contributed by atoms with Crippen LogP contribution in [0.1, 0.15) is 45.6 Å². The second kappa shape index (κ2) is 6.29. The van der Waals surface area contributed by atoms with Gasteiger partial charge in [0.25, 0.3) is 0 Å². The number of nitrogen functional groups attached to an aromatic ring is 1. The predicted octanol–water partition coefficient (Wildman–Crippen LogP) is 4.58. The molecule has 96 valence electrons. The van der Waals surface area contributed by atoms with Crippen LogP contribution in [-0.2, 0) is 0 Å². The number of anilines is 1. The number of hydrogen-bond acceptors (Lipinski definition) is 2. The van der Waals surface area contributed by atoms with Gasteiger partial charge in [-0.1, -0.05) is 27.7 Å². The lowest BCUT2D eigenvalue weighted by Gasteiger charge is -2.16. The van der Waals surface area contributed by atoms with E-state index in [1.807, 2.05) is 6.07 Å². The molecule has 1 aromatic carbocycles. The molecule has 0 amide bonds. The van der Waals surface area contributed by atoms with Crippen molar-refractivity contribution in [2.75, 3.05) is 12.3 Å². The van der Waals surface area contributed by atoms with Gasteiger partial charge in [0.2, 0.25) is 0 Å². The van der Waals surface area contributed by atoms with Gasteiger partial charge in [0, 0.05) is 0 Å². The average Bonchev–Trinajstić information content (AvgIpc) is 2.26. The van der Waals surface area contributed by atoms with Crippen molar-refractivity contribution < 1.29 is 4.74 Å². The SMILES string of the molecule is CCC(C)c1cc(N)c(OCC(C)C)c(Br)c1. The van der Waals surface area contributed by atoms with E-state index in [0.29, 0.717) is 18.4 Å². The molecule has 2 nitrogen and oxygen atoms in total. The molecule has 0 bridgehead atoms. The fourth-order valence-corrected chi connectivity index (χ4v) is 2.17. The molecule has 0 saturated heterocycles. The van der Waals surface area contributed by atoms with Crippen molar-refractivity contribution in [1.82, 2.24) is 0 Å². The van der Waals surface area contributed by atoms with Gasteiger partial charge < -0.3 is 10.5 Å². The first-order valence-corrected chi connectivity index (χ1v) is 6.96. The Morgan fingerprint density at radius 1 is 1.29 bits per heavy atom. The summed E-state index contributed by atoms with van der Waals surface area (Å²) in [6.07, 6.45) is 1.11. The second-order valence-corrected chi connectivity index (χ2v) is 5.79. The molecule has 0 heterocycles. The van der Waals surface area contributed by atoms with Gasteiger partial charge in [-0.15, -0.1) is 0 Å². The maximum Gasteiger partial charge on any atom is 0.156 e. The summed E-state index contributed by atoms with van der Waals surface area (Å²) < 4.78 is 6.68. The summed E-state index contributed by atoms with van der Waals surface area (Å²) >= 11 is 3.54. The second-order valence-electron chi connectivity index (χ2n) is 4.94. The van der Waals surface area contributed by atoms with Crippen LogP contribution in [0.4, 0.5) is 5.69 Å². The van der Waals surface area contributed by atoms with Crippen LogP contribution in [0.15, 0.2) is 16.6 Å². The highest BCUT2D eigenvalue weighted by Gasteiger charge is 2.12. The third-order valence-corrected chi connectivity index (χ3v) is 3.43. The topological polar surface area (TPSA) is 35.2 Å². The Kier molecular flexibility index (Phi) is 5.31. The largest absolute Gasteiger partial charge is 0.490 e. The van der Waals surface area contributed by atoms with Crippen molar-refractivity contribution in [2.45, 2.75) is 40.0 Å². The number of hydrogen-bond donors (Lipinski definition) is 1. The van der Waals surface area contributed by atoms with Crippen molar-refractivity contribution in [3.63, 3.8) is 0 Å². The molecule has 0 aliphatic rings. The van der Waals surface area contributed by atoms with Gasteiger partial charge in [-0.25, -0.2) is 0 Å².